The van der Waals surface area contributed by atoms with Gasteiger partial charge in [0.05, 0.1) is 35.7 Å². The van der Waals surface area contributed by atoms with Crippen molar-refractivity contribution in [3.63, 3.8) is 0 Å². The summed E-state index contributed by atoms with van der Waals surface area (Å²) in [6.07, 6.45) is 1.66. The van der Waals surface area contributed by atoms with Gasteiger partial charge in [0.1, 0.15) is 11.5 Å². The van der Waals surface area contributed by atoms with Gasteiger partial charge in [-0.15, -0.1) is 0 Å². The first-order valence-corrected chi connectivity index (χ1v) is 11.9. The van der Waals surface area contributed by atoms with E-state index in [1.54, 1.807) is 65.7 Å². The summed E-state index contributed by atoms with van der Waals surface area (Å²) in [4.78, 5) is 49.9. The fourth-order valence-electron chi connectivity index (χ4n) is 5.12. The number of Topliss-reactive ketones (excluding diaryl/α,β-unsaturated/α-hetero) is 1. The normalized spacial score (nSPS) is 17.2. The van der Waals surface area contributed by atoms with E-state index in [9.17, 15) is 19.2 Å². The van der Waals surface area contributed by atoms with E-state index < -0.39 is 17.9 Å². The number of imidazole rings is 1. The number of rotatable bonds is 3. The van der Waals surface area contributed by atoms with Crippen molar-refractivity contribution in [2.75, 3.05) is 7.11 Å². The lowest BCUT2D eigenvalue weighted by molar-refractivity contribution is -0.135. The number of ketones is 1. The molecule has 9 nitrogen and oxygen atoms in total. The van der Waals surface area contributed by atoms with E-state index in [1.165, 1.54) is 7.11 Å². The number of aryl methyl sites for hydroxylation is 2. The van der Waals surface area contributed by atoms with Gasteiger partial charge in [0.25, 0.3) is 0 Å². The molecular weight excluding hydrogens is 488 g/mol. The van der Waals surface area contributed by atoms with Crippen LogP contribution in [0.5, 0.6) is 11.5 Å². The molecule has 1 aromatic heterocycles. The molecule has 1 atom stereocenters. The Morgan fingerprint density at radius 1 is 0.947 bits per heavy atom. The summed E-state index contributed by atoms with van der Waals surface area (Å²) in [7, 11) is 4.72. The zero-order valence-electron chi connectivity index (χ0n) is 20.8. The molecule has 3 heterocycles. The predicted octanol–water partition coefficient (Wildman–Crippen LogP) is 3.72. The zero-order valence-corrected chi connectivity index (χ0v) is 20.8. The Kier molecular flexibility index (Phi) is 5.30. The molecule has 2 aliphatic rings. The molecule has 2 aliphatic heterocycles. The van der Waals surface area contributed by atoms with E-state index in [4.69, 9.17) is 14.2 Å². The largest absolute Gasteiger partial charge is 0.465 e. The van der Waals surface area contributed by atoms with E-state index >= 15 is 0 Å². The first kappa shape index (κ1) is 23.5. The molecule has 0 amide bonds. The van der Waals surface area contributed by atoms with E-state index in [2.05, 4.69) is 0 Å². The molecular formula is C29H22N2O7. The van der Waals surface area contributed by atoms with Crippen LogP contribution >= 0.6 is 0 Å². The fraction of sp³-hybridized carbons (Fsp3) is 0.172. The summed E-state index contributed by atoms with van der Waals surface area (Å²) < 4.78 is 19.5. The summed E-state index contributed by atoms with van der Waals surface area (Å²) >= 11 is 0. The molecule has 1 unspecified atom stereocenters. The standard InChI is InChI=1S/C29H22N2O7/c1-30-20-10-8-17(13-21(20)31(2)29(30)35)19-14-24(32)37-22-11-9-18-26(33)23(38-27(18)25(19)22)12-15-4-6-16(7-5-15)28(34)36-3/h4-13,19H,14H2,1-3H3/b23-12-. The minimum Gasteiger partial charge on any atom is -0.465 e. The molecule has 38 heavy (non-hydrogen) atoms. The first-order valence-electron chi connectivity index (χ1n) is 11.9. The summed E-state index contributed by atoms with van der Waals surface area (Å²) in [6.45, 7) is 0. The molecule has 0 aliphatic carbocycles. The number of carbonyl (C=O) groups is 3. The number of hydrogen-bond donors (Lipinski definition) is 0. The summed E-state index contributed by atoms with van der Waals surface area (Å²) in [5.41, 5.74) is 4.20. The van der Waals surface area contributed by atoms with Gasteiger partial charge in [0, 0.05) is 25.6 Å². The Labute approximate surface area is 216 Å². The second kappa shape index (κ2) is 8.58. The van der Waals surface area contributed by atoms with Gasteiger partial charge >= 0.3 is 17.6 Å². The van der Waals surface area contributed by atoms with Crippen LogP contribution in [0.2, 0.25) is 0 Å². The van der Waals surface area contributed by atoms with Crippen LogP contribution in [0.4, 0.5) is 0 Å². The van der Waals surface area contributed by atoms with Crippen molar-refractivity contribution in [2.24, 2.45) is 14.1 Å². The molecule has 4 aromatic rings. The van der Waals surface area contributed by atoms with E-state index in [-0.39, 0.29) is 23.7 Å². The first-order chi connectivity index (χ1) is 18.3. The monoisotopic (exact) mass is 510 g/mol. The molecule has 6 rings (SSSR count). The second-order valence-corrected chi connectivity index (χ2v) is 9.29. The molecule has 0 spiro atoms. The van der Waals surface area contributed by atoms with Gasteiger partial charge in [0.2, 0.25) is 5.78 Å². The van der Waals surface area contributed by atoms with Crippen molar-refractivity contribution < 1.29 is 28.6 Å². The number of benzene rings is 3. The van der Waals surface area contributed by atoms with E-state index in [0.29, 0.717) is 33.8 Å². The highest BCUT2D eigenvalue weighted by molar-refractivity contribution is 6.15. The highest BCUT2D eigenvalue weighted by Gasteiger charge is 2.38. The molecule has 0 fully saturated rings. The van der Waals surface area contributed by atoms with Gasteiger partial charge in [-0.1, -0.05) is 18.2 Å². The Morgan fingerprint density at radius 3 is 2.42 bits per heavy atom. The Bertz CT molecular complexity index is 1770. The van der Waals surface area contributed by atoms with Crippen LogP contribution in [0.3, 0.4) is 0 Å². The van der Waals surface area contributed by atoms with Crippen molar-refractivity contribution in [3.8, 4) is 11.5 Å². The predicted molar refractivity (Wildman–Crippen MR) is 137 cm³/mol. The van der Waals surface area contributed by atoms with Gasteiger partial charge in [-0.25, -0.2) is 9.59 Å². The van der Waals surface area contributed by atoms with Crippen LogP contribution < -0.4 is 15.2 Å². The molecule has 0 bridgehead atoms. The maximum Gasteiger partial charge on any atom is 0.337 e. The number of carbonyl (C=O) groups excluding carboxylic acids is 3. The van der Waals surface area contributed by atoms with Gasteiger partial charge in [-0.05, 0) is 53.6 Å². The number of esters is 2. The Hall–Kier alpha value is -4.92. The number of hydrogen-bond acceptors (Lipinski definition) is 7. The van der Waals surface area contributed by atoms with E-state index in [1.807, 2.05) is 18.2 Å². The molecule has 0 N–H and O–H groups in total. The van der Waals surface area contributed by atoms with Gasteiger partial charge < -0.3 is 14.2 Å². The Balaban J connectivity index is 1.42. The molecule has 3 aromatic carbocycles. The molecule has 190 valence electrons. The lowest BCUT2D eigenvalue weighted by Gasteiger charge is -2.26. The van der Waals surface area contributed by atoms with Crippen molar-refractivity contribution >= 4 is 34.8 Å². The molecule has 9 heteroatoms. The van der Waals surface area contributed by atoms with Crippen LogP contribution in [-0.2, 0) is 23.6 Å². The number of methoxy groups -OCH3 is 1. The zero-order chi connectivity index (χ0) is 26.7. The highest BCUT2D eigenvalue weighted by atomic mass is 16.5. The molecule has 0 saturated carbocycles. The number of fused-ring (bicyclic) bond motifs is 4. The number of allylic oxidation sites excluding steroid dienone is 1. The average Bonchev–Trinajstić information content (AvgIpc) is 3.35. The molecule has 0 radical (unpaired) electrons. The number of ether oxygens (including phenoxy) is 3. The average molecular weight is 511 g/mol. The Morgan fingerprint density at radius 2 is 1.68 bits per heavy atom. The third-order valence-corrected chi connectivity index (χ3v) is 7.11. The minimum absolute atomic E-state index is 0.0569. The smallest absolute Gasteiger partial charge is 0.337 e. The second-order valence-electron chi connectivity index (χ2n) is 9.29. The lowest BCUT2D eigenvalue weighted by atomic mass is 9.84. The van der Waals surface area contributed by atoms with Crippen LogP contribution in [0, 0.1) is 0 Å². The van der Waals surface area contributed by atoms with Crippen LogP contribution in [0.1, 0.15) is 49.7 Å². The third kappa shape index (κ3) is 3.54. The van der Waals surface area contributed by atoms with Crippen molar-refractivity contribution in [3.05, 3.63) is 98.7 Å². The molecule has 0 saturated heterocycles. The SMILES string of the molecule is COC(=O)c1ccc(/C=C2\Oc3c(ccc4c3C(c3ccc5c(c3)n(C)c(=O)n5C)CC(=O)O4)C2=O)cc1. The van der Waals surface area contributed by atoms with E-state index in [0.717, 1.165) is 16.6 Å². The van der Waals surface area contributed by atoms with Crippen LogP contribution in [0.25, 0.3) is 17.1 Å². The fourth-order valence-corrected chi connectivity index (χ4v) is 5.12. The number of nitrogens with zero attached hydrogens (tertiary/aromatic N) is 2. The van der Waals surface area contributed by atoms with Gasteiger partial charge in [0.15, 0.2) is 5.76 Å². The quantitative estimate of drug-likeness (QED) is 0.235. The van der Waals surface area contributed by atoms with Crippen LogP contribution in [-0.4, -0.2) is 34.0 Å². The highest BCUT2D eigenvalue weighted by Crippen LogP contribution is 2.49. The third-order valence-electron chi connectivity index (χ3n) is 7.11. The van der Waals surface area contributed by atoms with Gasteiger partial charge in [-0.2, -0.15) is 0 Å². The van der Waals surface area contributed by atoms with Gasteiger partial charge in [-0.3, -0.25) is 18.7 Å². The maximum atomic E-state index is 13.3. The summed E-state index contributed by atoms with van der Waals surface area (Å²) in [5.74, 6) is -0.770. The summed E-state index contributed by atoms with van der Waals surface area (Å²) in [5, 5.41) is 0. The summed E-state index contributed by atoms with van der Waals surface area (Å²) in [6, 6.07) is 15.4. The topological polar surface area (TPSA) is 106 Å². The van der Waals surface area contributed by atoms with Crippen molar-refractivity contribution in [2.45, 2.75) is 12.3 Å². The van der Waals surface area contributed by atoms with Crippen molar-refractivity contribution in [1.29, 1.82) is 0 Å². The van der Waals surface area contributed by atoms with Crippen LogP contribution in [0.15, 0.2) is 65.2 Å². The minimum atomic E-state index is -0.453. The lowest BCUT2D eigenvalue weighted by Crippen LogP contribution is -2.21. The maximum absolute atomic E-state index is 13.3. The van der Waals surface area contributed by atoms with Crippen molar-refractivity contribution in [1.82, 2.24) is 9.13 Å². The number of aromatic nitrogens is 2.